The molecule has 0 aliphatic heterocycles. The molecule has 0 aliphatic carbocycles. The summed E-state index contributed by atoms with van der Waals surface area (Å²) in [5.41, 5.74) is 2.81. The number of aliphatic hydroxyl groups excluding tert-OH is 1. The predicted octanol–water partition coefficient (Wildman–Crippen LogP) is 3.09. The lowest BCUT2D eigenvalue weighted by atomic mass is 9.99. The van der Waals surface area contributed by atoms with E-state index in [1.54, 1.807) is 7.11 Å². The van der Waals surface area contributed by atoms with E-state index >= 15 is 0 Å². The van der Waals surface area contributed by atoms with Gasteiger partial charge in [0.1, 0.15) is 11.9 Å². The molecule has 2 aromatic carbocycles. The zero-order valence-corrected chi connectivity index (χ0v) is 10.1. The molecule has 0 amide bonds. The molecule has 2 heteroatoms. The van der Waals surface area contributed by atoms with Gasteiger partial charge in [0, 0.05) is 5.56 Å². The topological polar surface area (TPSA) is 29.5 Å². The SMILES string of the molecule is COc1ccccc1C(O)c1cccc(C)c1. The Balaban J connectivity index is 2.40. The lowest BCUT2D eigenvalue weighted by molar-refractivity contribution is 0.214. The van der Waals surface area contributed by atoms with E-state index < -0.39 is 6.10 Å². The van der Waals surface area contributed by atoms with Gasteiger partial charge in [0.05, 0.1) is 7.11 Å². The van der Waals surface area contributed by atoms with Crippen LogP contribution < -0.4 is 4.74 Å². The molecule has 0 saturated carbocycles. The fraction of sp³-hybridized carbons (Fsp3) is 0.200. The van der Waals surface area contributed by atoms with Crippen molar-refractivity contribution in [2.24, 2.45) is 0 Å². The van der Waals surface area contributed by atoms with Gasteiger partial charge in [0.15, 0.2) is 0 Å². The second-order valence-corrected chi connectivity index (χ2v) is 4.06. The summed E-state index contributed by atoms with van der Waals surface area (Å²) in [6, 6.07) is 15.4. The van der Waals surface area contributed by atoms with E-state index in [0.29, 0.717) is 5.75 Å². The molecule has 0 spiro atoms. The highest BCUT2D eigenvalue weighted by Crippen LogP contribution is 2.29. The number of benzene rings is 2. The first-order valence-electron chi connectivity index (χ1n) is 5.60. The van der Waals surface area contributed by atoms with E-state index in [2.05, 4.69) is 0 Å². The Hall–Kier alpha value is -1.80. The minimum atomic E-state index is -0.647. The highest BCUT2D eigenvalue weighted by molar-refractivity contribution is 5.40. The van der Waals surface area contributed by atoms with E-state index in [-0.39, 0.29) is 0 Å². The average Bonchev–Trinajstić information content (AvgIpc) is 2.38. The van der Waals surface area contributed by atoms with Crippen LogP contribution in [0.2, 0.25) is 0 Å². The molecule has 0 radical (unpaired) electrons. The maximum Gasteiger partial charge on any atom is 0.125 e. The molecule has 1 unspecified atom stereocenters. The number of aryl methyl sites for hydroxylation is 1. The molecule has 1 N–H and O–H groups in total. The van der Waals surface area contributed by atoms with Crippen molar-refractivity contribution in [2.45, 2.75) is 13.0 Å². The van der Waals surface area contributed by atoms with Crippen LogP contribution in [0.3, 0.4) is 0 Å². The minimum absolute atomic E-state index is 0.647. The van der Waals surface area contributed by atoms with Crippen LogP contribution in [0.5, 0.6) is 5.75 Å². The van der Waals surface area contributed by atoms with Gasteiger partial charge in [0.25, 0.3) is 0 Å². The summed E-state index contributed by atoms with van der Waals surface area (Å²) < 4.78 is 5.26. The predicted molar refractivity (Wildman–Crippen MR) is 68.2 cm³/mol. The zero-order chi connectivity index (χ0) is 12.3. The van der Waals surface area contributed by atoms with Crippen LogP contribution in [-0.4, -0.2) is 12.2 Å². The molecule has 2 nitrogen and oxygen atoms in total. The van der Waals surface area contributed by atoms with Gasteiger partial charge in [-0.3, -0.25) is 0 Å². The van der Waals surface area contributed by atoms with Crippen LogP contribution in [0.4, 0.5) is 0 Å². The van der Waals surface area contributed by atoms with Crippen LogP contribution in [0.1, 0.15) is 22.8 Å². The largest absolute Gasteiger partial charge is 0.496 e. The maximum atomic E-state index is 10.3. The molecule has 0 aromatic heterocycles. The first kappa shape index (κ1) is 11.7. The van der Waals surface area contributed by atoms with E-state index in [1.807, 2.05) is 55.5 Å². The van der Waals surface area contributed by atoms with Crippen LogP contribution in [0.25, 0.3) is 0 Å². The molecule has 0 aliphatic rings. The Morgan fingerprint density at radius 2 is 1.82 bits per heavy atom. The first-order chi connectivity index (χ1) is 8.22. The molecule has 0 bridgehead atoms. The van der Waals surface area contributed by atoms with Crippen molar-refractivity contribution in [3.05, 3.63) is 65.2 Å². The Morgan fingerprint density at radius 1 is 1.06 bits per heavy atom. The summed E-state index contributed by atoms with van der Waals surface area (Å²) in [6.07, 6.45) is -0.647. The lowest BCUT2D eigenvalue weighted by Crippen LogP contribution is -2.02. The molecule has 17 heavy (non-hydrogen) atoms. The summed E-state index contributed by atoms with van der Waals surface area (Å²) in [7, 11) is 1.61. The highest BCUT2D eigenvalue weighted by Gasteiger charge is 2.14. The molecule has 1 atom stereocenters. The van der Waals surface area contributed by atoms with Crippen molar-refractivity contribution >= 4 is 0 Å². The smallest absolute Gasteiger partial charge is 0.125 e. The van der Waals surface area contributed by atoms with E-state index in [0.717, 1.165) is 16.7 Å². The Morgan fingerprint density at radius 3 is 2.53 bits per heavy atom. The van der Waals surface area contributed by atoms with Crippen molar-refractivity contribution in [3.63, 3.8) is 0 Å². The number of aliphatic hydroxyl groups is 1. The summed E-state index contributed by atoms with van der Waals surface area (Å²) in [5.74, 6) is 0.710. The molecule has 2 rings (SSSR count). The number of hydrogen-bond donors (Lipinski definition) is 1. The normalized spacial score (nSPS) is 12.2. The van der Waals surface area contributed by atoms with Crippen LogP contribution >= 0.6 is 0 Å². The Bertz CT molecular complexity index is 506. The van der Waals surface area contributed by atoms with Gasteiger partial charge in [-0.1, -0.05) is 48.0 Å². The van der Waals surface area contributed by atoms with Crippen LogP contribution in [-0.2, 0) is 0 Å². The Kier molecular flexibility index (Phi) is 3.45. The zero-order valence-electron chi connectivity index (χ0n) is 10.1. The average molecular weight is 228 g/mol. The van der Waals surface area contributed by atoms with Gasteiger partial charge in [-0.15, -0.1) is 0 Å². The summed E-state index contributed by atoms with van der Waals surface area (Å²) in [6.45, 7) is 2.01. The molecular formula is C15H16O2. The van der Waals surface area contributed by atoms with Crippen LogP contribution in [0, 0.1) is 6.92 Å². The van der Waals surface area contributed by atoms with Crippen molar-refractivity contribution in [2.75, 3.05) is 7.11 Å². The molecule has 0 heterocycles. The van der Waals surface area contributed by atoms with Gasteiger partial charge in [-0.25, -0.2) is 0 Å². The van der Waals surface area contributed by atoms with Gasteiger partial charge >= 0.3 is 0 Å². The number of methoxy groups -OCH3 is 1. The summed E-state index contributed by atoms with van der Waals surface area (Å²) >= 11 is 0. The van der Waals surface area contributed by atoms with Crippen molar-refractivity contribution in [1.29, 1.82) is 0 Å². The fourth-order valence-corrected chi connectivity index (χ4v) is 1.91. The van der Waals surface area contributed by atoms with Gasteiger partial charge in [-0.2, -0.15) is 0 Å². The summed E-state index contributed by atoms with van der Waals surface area (Å²) in [5, 5.41) is 10.3. The van der Waals surface area contributed by atoms with Crippen molar-refractivity contribution in [1.82, 2.24) is 0 Å². The van der Waals surface area contributed by atoms with Crippen molar-refractivity contribution in [3.8, 4) is 5.75 Å². The third-order valence-corrected chi connectivity index (χ3v) is 2.79. The maximum absolute atomic E-state index is 10.3. The van der Waals surface area contributed by atoms with Gasteiger partial charge in [0.2, 0.25) is 0 Å². The van der Waals surface area contributed by atoms with E-state index in [1.165, 1.54) is 0 Å². The first-order valence-corrected chi connectivity index (χ1v) is 5.60. The standard InChI is InChI=1S/C15H16O2/c1-11-6-5-7-12(10-11)15(16)13-8-3-4-9-14(13)17-2/h3-10,15-16H,1-2H3. The summed E-state index contributed by atoms with van der Waals surface area (Å²) in [4.78, 5) is 0. The Labute approximate surface area is 101 Å². The van der Waals surface area contributed by atoms with Gasteiger partial charge < -0.3 is 9.84 Å². The van der Waals surface area contributed by atoms with E-state index in [4.69, 9.17) is 4.74 Å². The second kappa shape index (κ2) is 5.02. The fourth-order valence-electron chi connectivity index (χ4n) is 1.91. The monoisotopic (exact) mass is 228 g/mol. The molecular weight excluding hydrogens is 212 g/mol. The molecule has 2 aromatic rings. The third kappa shape index (κ3) is 2.48. The number of ether oxygens (including phenoxy) is 1. The number of para-hydroxylation sites is 1. The molecule has 0 saturated heterocycles. The highest BCUT2D eigenvalue weighted by atomic mass is 16.5. The molecule has 88 valence electrons. The molecule has 0 fully saturated rings. The third-order valence-electron chi connectivity index (χ3n) is 2.79. The number of rotatable bonds is 3. The van der Waals surface area contributed by atoms with Crippen molar-refractivity contribution < 1.29 is 9.84 Å². The lowest BCUT2D eigenvalue weighted by Gasteiger charge is -2.15. The number of hydrogen-bond acceptors (Lipinski definition) is 2. The van der Waals surface area contributed by atoms with Crippen LogP contribution in [0.15, 0.2) is 48.5 Å². The minimum Gasteiger partial charge on any atom is -0.496 e. The quantitative estimate of drug-likeness (QED) is 0.874. The van der Waals surface area contributed by atoms with E-state index in [9.17, 15) is 5.11 Å². The second-order valence-electron chi connectivity index (χ2n) is 4.06. The van der Waals surface area contributed by atoms with Gasteiger partial charge in [-0.05, 0) is 18.6 Å².